The maximum absolute atomic E-state index is 13.9. The zero-order valence-electron chi connectivity index (χ0n) is 18.8. The minimum Gasteiger partial charge on any atom is -0.398 e. The lowest BCUT2D eigenvalue weighted by atomic mass is 9.69. The van der Waals surface area contributed by atoms with E-state index in [1.807, 2.05) is 0 Å². The first kappa shape index (κ1) is 25.5. The first-order valence-corrected chi connectivity index (χ1v) is 11.3. The summed E-state index contributed by atoms with van der Waals surface area (Å²) in [4.78, 5) is 31.0. The number of amides is 3. The molecule has 1 aliphatic heterocycles. The normalized spacial score (nSPS) is 19.0. The molecule has 1 heterocycles. The lowest BCUT2D eigenvalue weighted by Gasteiger charge is -2.48. The number of alkyl halides is 2. The number of halogens is 5. The van der Waals surface area contributed by atoms with Crippen molar-refractivity contribution in [2.75, 3.05) is 19.6 Å². The molecule has 36 heavy (non-hydrogen) atoms. The van der Waals surface area contributed by atoms with E-state index in [9.17, 15) is 27.2 Å². The van der Waals surface area contributed by atoms with E-state index in [2.05, 4.69) is 10.3 Å². The number of urea groups is 1. The van der Waals surface area contributed by atoms with Crippen LogP contribution in [0.15, 0.2) is 53.0 Å². The summed E-state index contributed by atoms with van der Waals surface area (Å²) < 4.78 is 54.7. The topological polar surface area (TPSA) is 114 Å². The summed E-state index contributed by atoms with van der Waals surface area (Å²) in [5.41, 5.74) is 10.7. The van der Waals surface area contributed by atoms with Crippen LogP contribution in [-0.4, -0.2) is 48.1 Å². The van der Waals surface area contributed by atoms with Crippen molar-refractivity contribution in [1.82, 2.24) is 10.2 Å². The molecule has 12 heteroatoms. The molecule has 0 atom stereocenters. The van der Waals surface area contributed by atoms with Crippen LogP contribution in [0.5, 0.6) is 0 Å². The van der Waals surface area contributed by atoms with Crippen molar-refractivity contribution in [1.29, 1.82) is 0 Å². The van der Waals surface area contributed by atoms with Crippen LogP contribution in [0.4, 0.5) is 22.4 Å². The zero-order chi connectivity index (χ0) is 26.3. The Morgan fingerprint density at radius 3 is 2.31 bits per heavy atom. The van der Waals surface area contributed by atoms with Crippen LogP contribution in [0.1, 0.15) is 24.0 Å². The van der Waals surface area contributed by atoms with Gasteiger partial charge in [-0.05, 0) is 41.5 Å². The Morgan fingerprint density at radius 2 is 1.72 bits per heavy atom. The molecule has 2 aliphatic rings. The van der Waals surface area contributed by atoms with E-state index in [1.165, 1.54) is 29.2 Å². The van der Waals surface area contributed by atoms with E-state index < -0.39 is 47.9 Å². The van der Waals surface area contributed by atoms with Crippen LogP contribution in [0.2, 0.25) is 5.02 Å². The monoisotopic (exact) mass is 523 g/mol. The number of carbonyl (C=O) groups excluding carboxylic acids is 2. The second-order valence-corrected chi connectivity index (χ2v) is 9.17. The molecule has 1 saturated carbocycles. The van der Waals surface area contributed by atoms with Crippen molar-refractivity contribution >= 4 is 34.9 Å². The van der Waals surface area contributed by atoms with Gasteiger partial charge in [0.15, 0.2) is 0 Å². The highest BCUT2D eigenvalue weighted by atomic mass is 35.5. The van der Waals surface area contributed by atoms with Gasteiger partial charge in [-0.2, -0.15) is 0 Å². The van der Waals surface area contributed by atoms with Gasteiger partial charge in [0.1, 0.15) is 11.6 Å². The molecule has 3 amide bonds. The maximum Gasteiger partial charge on any atom is 0.318 e. The third kappa shape index (κ3) is 5.01. The lowest BCUT2D eigenvalue weighted by molar-refractivity contribution is -0.134. The molecule has 7 nitrogen and oxygen atoms in total. The van der Waals surface area contributed by atoms with Crippen LogP contribution in [0, 0.1) is 11.6 Å². The molecule has 2 aromatic carbocycles. The molecule has 0 spiro atoms. The van der Waals surface area contributed by atoms with E-state index in [0.717, 1.165) is 18.2 Å². The Balaban J connectivity index is 1.58. The Bertz CT molecular complexity index is 1270. The van der Waals surface area contributed by atoms with E-state index in [1.54, 1.807) is 0 Å². The summed E-state index contributed by atoms with van der Waals surface area (Å²) in [5, 5.41) is 2.45. The Morgan fingerprint density at radius 1 is 1.06 bits per heavy atom. The first-order valence-electron chi connectivity index (χ1n) is 10.9. The number of carbonyl (C=O) groups is 2. The SMILES string of the molecule is NC(=O)C(C1=NCCN(C(=O)NC2(c3ccc(F)cc3)CC(F)(F)C2)C1)=C(N)c1ccc(F)c(Cl)c1. The molecule has 4 rings (SSSR count). The second kappa shape index (κ2) is 9.45. The summed E-state index contributed by atoms with van der Waals surface area (Å²) in [6, 6.07) is 7.94. The van der Waals surface area contributed by atoms with Gasteiger partial charge >= 0.3 is 6.03 Å². The molecule has 0 saturated heterocycles. The van der Waals surface area contributed by atoms with Crippen LogP contribution in [-0.2, 0) is 10.3 Å². The van der Waals surface area contributed by atoms with E-state index in [0.29, 0.717) is 5.56 Å². The van der Waals surface area contributed by atoms with Crippen molar-refractivity contribution in [3.63, 3.8) is 0 Å². The molecule has 0 radical (unpaired) electrons. The van der Waals surface area contributed by atoms with Gasteiger partial charge in [0.05, 0.1) is 40.6 Å². The third-order valence-corrected chi connectivity index (χ3v) is 6.49. The number of hydrogen-bond donors (Lipinski definition) is 3. The highest BCUT2D eigenvalue weighted by molar-refractivity contribution is 6.31. The van der Waals surface area contributed by atoms with Crippen LogP contribution < -0.4 is 16.8 Å². The van der Waals surface area contributed by atoms with Gasteiger partial charge in [-0.3, -0.25) is 9.79 Å². The fourth-order valence-electron chi connectivity index (χ4n) is 4.43. The largest absolute Gasteiger partial charge is 0.398 e. The van der Waals surface area contributed by atoms with Gasteiger partial charge in [-0.25, -0.2) is 22.4 Å². The Labute approximate surface area is 208 Å². The van der Waals surface area contributed by atoms with Gasteiger partial charge < -0.3 is 21.7 Å². The van der Waals surface area contributed by atoms with Crippen LogP contribution in [0.3, 0.4) is 0 Å². The molecule has 190 valence electrons. The highest BCUT2D eigenvalue weighted by Crippen LogP contribution is 2.51. The zero-order valence-corrected chi connectivity index (χ0v) is 19.6. The maximum atomic E-state index is 13.9. The Kier molecular flexibility index (Phi) is 6.70. The van der Waals surface area contributed by atoms with Crippen molar-refractivity contribution in [2.45, 2.75) is 24.3 Å². The number of primary amides is 1. The molecular formula is C24H22ClF4N5O2. The standard InChI is InChI=1S/C24H22ClF4N5O2/c25-16-9-13(1-6-17(16)27)20(30)19(21(31)35)18-10-34(8-7-32-18)22(36)33-23(11-24(28,29)12-23)14-2-4-15(26)5-3-14/h1-6,9H,7-8,10-12,30H2,(H2,31,35)(H,33,36). The van der Waals surface area contributed by atoms with Crippen molar-refractivity contribution in [3.05, 3.63) is 75.8 Å². The predicted octanol–water partition coefficient (Wildman–Crippen LogP) is 3.56. The summed E-state index contributed by atoms with van der Waals surface area (Å²) in [6.07, 6.45) is -1.28. The molecule has 0 bridgehead atoms. The van der Waals surface area contributed by atoms with Crippen molar-refractivity contribution in [3.8, 4) is 0 Å². The average molecular weight is 524 g/mol. The fraction of sp³-hybridized carbons (Fsp3) is 0.292. The van der Waals surface area contributed by atoms with E-state index in [-0.39, 0.29) is 47.2 Å². The van der Waals surface area contributed by atoms with E-state index in [4.69, 9.17) is 23.1 Å². The number of nitrogens with zero attached hydrogens (tertiary/aromatic N) is 2. The lowest BCUT2D eigenvalue weighted by Crippen LogP contribution is -2.62. The quantitative estimate of drug-likeness (QED) is 0.411. The highest BCUT2D eigenvalue weighted by Gasteiger charge is 2.58. The summed E-state index contributed by atoms with van der Waals surface area (Å²) in [5.74, 6) is -5.11. The number of aliphatic imine (C=N–C) groups is 1. The van der Waals surface area contributed by atoms with Crippen molar-refractivity contribution in [2.24, 2.45) is 16.5 Å². The number of nitrogens with two attached hydrogens (primary N) is 2. The molecule has 0 aromatic heterocycles. The van der Waals surface area contributed by atoms with Gasteiger partial charge in [0.25, 0.3) is 11.8 Å². The van der Waals surface area contributed by atoms with Crippen LogP contribution >= 0.6 is 11.6 Å². The third-order valence-electron chi connectivity index (χ3n) is 6.20. The molecule has 0 unspecified atom stereocenters. The van der Waals surface area contributed by atoms with Gasteiger partial charge in [-0.1, -0.05) is 23.7 Å². The second-order valence-electron chi connectivity index (χ2n) is 8.76. The number of benzene rings is 2. The summed E-state index contributed by atoms with van der Waals surface area (Å²) in [7, 11) is 0. The average Bonchev–Trinajstić information content (AvgIpc) is 2.80. The fourth-order valence-corrected chi connectivity index (χ4v) is 4.61. The smallest absolute Gasteiger partial charge is 0.318 e. The molecule has 2 aromatic rings. The minimum atomic E-state index is -2.98. The summed E-state index contributed by atoms with van der Waals surface area (Å²) in [6.45, 7) is 0.0475. The first-order chi connectivity index (χ1) is 16.9. The molecule has 1 aliphatic carbocycles. The van der Waals surface area contributed by atoms with Crippen molar-refractivity contribution < 1.29 is 27.2 Å². The number of rotatable bonds is 5. The predicted molar refractivity (Wildman–Crippen MR) is 126 cm³/mol. The number of hydrogen-bond acceptors (Lipinski definition) is 4. The van der Waals surface area contributed by atoms with Gasteiger partial charge in [0, 0.05) is 19.4 Å². The van der Waals surface area contributed by atoms with Crippen LogP contribution in [0.25, 0.3) is 5.70 Å². The van der Waals surface area contributed by atoms with E-state index >= 15 is 0 Å². The van der Waals surface area contributed by atoms with Gasteiger partial charge in [0.2, 0.25) is 0 Å². The molecular weight excluding hydrogens is 502 g/mol. The molecule has 5 N–H and O–H groups in total. The molecule has 1 fully saturated rings. The number of nitrogens with one attached hydrogen (secondary N) is 1. The van der Waals surface area contributed by atoms with Gasteiger partial charge in [-0.15, -0.1) is 0 Å². The summed E-state index contributed by atoms with van der Waals surface area (Å²) >= 11 is 5.82. The Hall–Kier alpha value is -3.60. The minimum absolute atomic E-state index is 0.0939.